The number of nitrogens with zero attached hydrogens (tertiary/aromatic N) is 3. The van der Waals surface area contributed by atoms with Crippen LogP contribution in [0.5, 0.6) is 0 Å². The summed E-state index contributed by atoms with van der Waals surface area (Å²) in [6, 6.07) is 13.0. The van der Waals surface area contributed by atoms with Gasteiger partial charge in [0.15, 0.2) is 0 Å². The predicted molar refractivity (Wildman–Crippen MR) is 102 cm³/mol. The molecule has 0 aliphatic carbocycles. The second-order valence-electron chi connectivity index (χ2n) is 6.73. The summed E-state index contributed by atoms with van der Waals surface area (Å²) < 4.78 is 0. The van der Waals surface area contributed by atoms with Crippen LogP contribution in [0, 0.1) is 0 Å². The van der Waals surface area contributed by atoms with E-state index in [1.54, 1.807) is 6.33 Å². The normalized spacial score (nSPS) is 18.8. The Morgan fingerprint density at radius 2 is 2.08 bits per heavy atom. The molecule has 5 nitrogen and oxygen atoms in total. The van der Waals surface area contributed by atoms with Crippen molar-refractivity contribution in [3.8, 4) is 0 Å². The van der Waals surface area contributed by atoms with Crippen molar-refractivity contribution in [3.63, 3.8) is 0 Å². The van der Waals surface area contributed by atoms with E-state index in [2.05, 4.69) is 51.4 Å². The highest BCUT2D eigenvalue weighted by molar-refractivity contribution is 5.50. The summed E-state index contributed by atoms with van der Waals surface area (Å²) in [7, 11) is 0. The SMILES string of the molecule is CCC(Cc1ccccc1)Nc1cc(N2CCCCC2CO)ncn1. The van der Waals surface area contributed by atoms with Crippen LogP contribution in [-0.4, -0.2) is 40.3 Å². The highest BCUT2D eigenvalue weighted by Gasteiger charge is 2.23. The minimum Gasteiger partial charge on any atom is -0.394 e. The van der Waals surface area contributed by atoms with Crippen LogP contribution in [0.25, 0.3) is 0 Å². The lowest BCUT2D eigenvalue weighted by molar-refractivity contribution is 0.239. The zero-order valence-electron chi connectivity index (χ0n) is 14.9. The van der Waals surface area contributed by atoms with E-state index < -0.39 is 0 Å². The Bertz CT molecular complexity index is 649. The number of anilines is 2. The smallest absolute Gasteiger partial charge is 0.134 e. The Labute approximate surface area is 150 Å². The first-order chi connectivity index (χ1) is 12.3. The molecule has 2 N–H and O–H groups in total. The lowest BCUT2D eigenvalue weighted by atomic mass is 10.0. The molecule has 1 aromatic carbocycles. The second-order valence-corrected chi connectivity index (χ2v) is 6.73. The summed E-state index contributed by atoms with van der Waals surface area (Å²) in [5.74, 6) is 1.76. The van der Waals surface area contributed by atoms with Gasteiger partial charge in [-0.15, -0.1) is 0 Å². The Kier molecular flexibility index (Phi) is 6.23. The molecule has 1 aliphatic heterocycles. The highest BCUT2D eigenvalue weighted by Crippen LogP contribution is 2.24. The molecule has 134 valence electrons. The molecule has 0 radical (unpaired) electrons. The standard InChI is InChI=1S/C20H28N4O/c1-2-17(12-16-8-4-3-5-9-16)23-19-13-20(22-15-21-19)24-11-7-6-10-18(24)14-25/h3-5,8-9,13,15,17-18,25H,2,6-7,10-12,14H2,1H3,(H,21,22,23). The van der Waals surface area contributed by atoms with E-state index in [0.717, 1.165) is 43.9 Å². The molecule has 0 amide bonds. The summed E-state index contributed by atoms with van der Waals surface area (Å²) >= 11 is 0. The third kappa shape index (κ3) is 4.69. The van der Waals surface area contributed by atoms with Crippen molar-refractivity contribution >= 4 is 11.6 Å². The number of aliphatic hydroxyl groups excluding tert-OH is 1. The topological polar surface area (TPSA) is 61.3 Å². The number of benzene rings is 1. The van der Waals surface area contributed by atoms with E-state index >= 15 is 0 Å². The van der Waals surface area contributed by atoms with Gasteiger partial charge in [-0.05, 0) is 37.7 Å². The first-order valence-corrected chi connectivity index (χ1v) is 9.30. The van der Waals surface area contributed by atoms with Crippen molar-refractivity contribution in [2.75, 3.05) is 23.4 Å². The van der Waals surface area contributed by atoms with Crippen molar-refractivity contribution in [1.29, 1.82) is 0 Å². The average molecular weight is 340 g/mol. The lowest BCUT2D eigenvalue weighted by Crippen LogP contribution is -2.42. The number of rotatable bonds is 7. The number of nitrogens with one attached hydrogen (secondary N) is 1. The molecule has 0 bridgehead atoms. The number of aromatic nitrogens is 2. The van der Waals surface area contributed by atoms with Gasteiger partial charge in [-0.1, -0.05) is 37.3 Å². The van der Waals surface area contributed by atoms with Gasteiger partial charge in [0.1, 0.15) is 18.0 Å². The lowest BCUT2D eigenvalue weighted by Gasteiger charge is -2.35. The van der Waals surface area contributed by atoms with Crippen molar-refractivity contribution < 1.29 is 5.11 Å². The molecule has 25 heavy (non-hydrogen) atoms. The van der Waals surface area contributed by atoms with Crippen LogP contribution < -0.4 is 10.2 Å². The summed E-state index contributed by atoms with van der Waals surface area (Å²) in [4.78, 5) is 11.1. The summed E-state index contributed by atoms with van der Waals surface area (Å²) in [6.07, 6.45) is 6.96. The third-order valence-corrected chi connectivity index (χ3v) is 4.95. The van der Waals surface area contributed by atoms with Gasteiger partial charge in [0.2, 0.25) is 0 Å². The molecule has 1 aromatic heterocycles. The Morgan fingerprint density at radius 3 is 2.84 bits per heavy atom. The molecule has 2 unspecified atom stereocenters. The van der Waals surface area contributed by atoms with Gasteiger partial charge in [-0.2, -0.15) is 0 Å². The predicted octanol–water partition coefficient (Wildman–Crippen LogP) is 3.26. The minimum absolute atomic E-state index is 0.169. The van der Waals surface area contributed by atoms with Gasteiger partial charge in [0, 0.05) is 18.7 Å². The van der Waals surface area contributed by atoms with E-state index in [1.807, 2.05) is 12.1 Å². The summed E-state index contributed by atoms with van der Waals surface area (Å²) in [5, 5.41) is 13.2. The highest BCUT2D eigenvalue weighted by atomic mass is 16.3. The van der Waals surface area contributed by atoms with E-state index in [0.29, 0.717) is 6.04 Å². The number of hydrogen-bond donors (Lipinski definition) is 2. The van der Waals surface area contributed by atoms with E-state index in [4.69, 9.17) is 0 Å². The van der Waals surface area contributed by atoms with Crippen LogP contribution in [-0.2, 0) is 6.42 Å². The van der Waals surface area contributed by atoms with Gasteiger partial charge in [0.25, 0.3) is 0 Å². The Balaban J connectivity index is 1.69. The van der Waals surface area contributed by atoms with E-state index in [1.165, 1.54) is 12.0 Å². The molecule has 5 heteroatoms. The van der Waals surface area contributed by atoms with Crippen LogP contribution in [0.4, 0.5) is 11.6 Å². The van der Waals surface area contributed by atoms with Gasteiger partial charge < -0.3 is 15.3 Å². The fraction of sp³-hybridized carbons (Fsp3) is 0.500. The second kappa shape index (κ2) is 8.81. The molecule has 0 saturated carbocycles. The van der Waals surface area contributed by atoms with Crippen molar-refractivity contribution in [2.45, 2.75) is 51.1 Å². The van der Waals surface area contributed by atoms with Crippen molar-refractivity contribution in [3.05, 3.63) is 48.3 Å². The maximum absolute atomic E-state index is 9.64. The molecular formula is C20H28N4O. The van der Waals surface area contributed by atoms with E-state index in [9.17, 15) is 5.11 Å². The molecule has 2 atom stereocenters. The molecular weight excluding hydrogens is 312 g/mol. The quantitative estimate of drug-likeness (QED) is 0.810. The maximum Gasteiger partial charge on any atom is 0.134 e. The number of aliphatic hydroxyl groups is 1. The first-order valence-electron chi connectivity index (χ1n) is 9.30. The van der Waals surface area contributed by atoms with Gasteiger partial charge in [0.05, 0.1) is 12.6 Å². The van der Waals surface area contributed by atoms with Gasteiger partial charge in [-0.3, -0.25) is 0 Å². The van der Waals surface area contributed by atoms with Crippen LogP contribution in [0.1, 0.15) is 38.2 Å². The first kappa shape index (κ1) is 17.7. The molecule has 2 aromatic rings. The Morgan fingerprint density at radius 1 is 1.24 bits per heavy atom. The van der Waals surface area contributed by atoms with Crippen molar-refractivity contribution in [2.24, 2.45) is 0 Å². The maximum atomic E-state index is 9.64. The van der Waals surface area contributed by atoms with Crippen LogP contribution in [0.15, 0.2) is 42.7 Å². The summed E-state index contributed by atoms with van der Waals surface area (Å²) in [5.41, 5.74) is 1.33. The fourth-order valence-electron chi connectivity index (χ4n) is 3.48. The van der Waals surface area contributed by atoms with Gasteiger partial charge >= 0.3 is 0 Å². The largest absolute Gasteiger partial charge is 0.394 e. The number of piperidine rings is 1. The summed E-state index contributed by atoms with van der Waals surface area (Å²) in [6.45, 7) is 3.32. The van der Waals surface area contributed by atoms with E-state index in [-0.39, 0.29) is 12.6 Å². The van der Waals surface area contributed by atoms with Crippen LogP contribution in [0.3, 0.4) is 0 Å². The Hall–Kier alpha value is -2.14. The average Bonchev–Trinajstić information content (AvgIpc) is 2.68. The van der Waals surface area contributed by atoms with Crippen molar-refractivity contribution in [1.82, 2.24) is 9.97 Å². The molecule has 3 rings (SSSR count). The molecule has 0 spiro atoms. The third-order valence-electron chi connectivity index (χ3n) is 4.95. The molecule has 1 saturated heterocycles. The fourth-order valence-corrected chi connectivity index (χ4v) is 3.48. The molecule has 1 fully saturated rings. The minimum atomic E-state index is 0.169. The van der Waals surface area contributed by atoms with Gasteiger partial charge in [-0.25, -0.2) is 9.97 Å². The van der Waals surface area contributed by atoms with Crippen LogP contribution >= 0.6 is 0 Å². The van der Waals surface area contributed by atoms with Crippen LogP contribution in [0.2, 0.25) is 0 Å². The monoisotopic (exact) mass is 340 g/mol. The zero-order valence-corrected chi connectivity index (χ0v) is 14.9. The zero-order chi connectivity index (χ0) is 17.5. The molecule has 1 aliphatic rings. The number of hydrogen-bond acceptors (Lipinski definition) is 5. The molecule has 2 heterocycles.